The van der Waals surface area contributed by atoms with Crippen LogP contribution in [0.4, 0.5) is 4.39 Å². The van der Waals surface area contributed by atoms with E-state index in [1.54, 1.807) is 42.5 Å². The molecule has 3 atom stereocenters. The Morgan fingerprint density at radius 2 is 1.55 bits per heavy atom. The van der Waals surface area contributed by atoms with E-state index in [1.165, 1.54) is 30.3 Å². The number of hydrogen-bond acceptors (Lipinski definition) is 5. The molecule has 0 unspecified atom stereocenters. The highest BCUT2D eigenvalue weighted by Crippen LogP contribution is 2.11. The van der Waals surface area contributed by atoms with Gasteiger partial charge < -0.3 is 25.2 Å². The number of aliphatic hydroxyl groups is 3. The Bertz CT molecular complexity index is 709. The van der Waals surface area contributed by atoms with Crippen molar-refractivity contribution in [3.63, 3.8) is 0 Å². The number of carbonyl (C=O) groups is 1. The van der Waals surface area contributed by atoms with Crippen LogP contribution in [0, 0.1) is 5.82 Å². The second kappa shape index (κ2) is 14.3. The molecule has 4 N–H and O–H groups in total. The highest BCUT2D eigenvalue weighted by molar-refractivity contribution is 5.66. The maximum atomic E-state index is 12.8. The molecule has 0 radical (unpaired) electrons. The summed E-state index contributed by atoms with van der Waals surface area (Å²) in [6.07, 6.45) is 10.5. The van der Waals surface area contributed by atoms with Crippen molar-refractivity contribution in [3.05, 3.63) is 78.7 Å². The van der Waals surface area contributed by atoms with Gasteiger partial charge in [0.2, 0.25) is 0 Å². The third-order valence-corrected chi connectivity index (χ3v) is 3.72. The van der Waals surface area contributed by atoms with E-state index in [0.29, 0.717) is 12.2 Å². The molecule has 7 heteroatoms. The van der Waals surface area contributed by atoms with Crippen LogP contribution in [0.3, 0.4) is 0 Å². The number of ether oxygens (including phenoxy) is 1. The number of benzene rings is 1. The zero-order valence-electron chi connectivity index (χ0n) is 16.0. The van der Waals surface area contributed by atoms with E-state index < -0.39 is 24.3 Å². The summed E-state index contributed by atoms with van der Waals surface area (Å²) in [4.78, 5) is 10.4. The van der Waals surface area contributed by atoms with Crippen molar-refractivity contribution in [1.29, 1.82) is 0 Å². The number of aliphatic hydroxyl groups excluding tert-OH is 3. The van der Waals surface area contributed by atoms with Crippen molar-refractivity contribution < 1.29 is 34.3 Å². The van der Waals surface area contributed by atoms with Crippen LogP contribution in [0.15, 0.2) is 72.9 Å². The number of hydrogen-bond donors (Lipinski definition) is 4. The lowest BCUT2D eigenvalue weighted by Gasteiger charge is -2.13. The van der Waals surface area contributed by atoms with Crippen LogP contribution in [0.5, 0.6) is 5.75 Å². The molecule has 0 aliphatic heterocycles. The number of halogens is 1. The van der Waals surface area contributed by atoms with E-state index in [1.807, 2.05) is 0 Å². The first-order valence-corrected chi connectivity index (χ1v) is 9.21. The summed E-state index contributed by atoms with van der Waals surface area (Å²) >= 11 is 0. The summed E-state index contributed by atoms with van der Waals surface area (Å²) in [6, 6.07) is 5.52. The van der Waals surface area contributed by atoms with Gasteiger partial charge in [-0.2, -0.15) is 0 Å². The molecule has 0 heterocycles. The molecule has 0 aliphatic carbocycles. The fourth-order valence-electron chi connectivity index (χ4n) is 2.16. The van der Waals surface area contributed by atoms with Gasteiger partial charge in [-0.25, -0.2) is 4.39 Å². The quantitative estimate of drug-likeness (QED) is 0.375. The Balaban J connectivity index is 2.24. The first-order valence-electron chi connectivity index (χ1n) is 9.21. The summed E-state index contributed by atoms with van der Waals surface area (Å²) in [7, 11) is 0. The molecule has 158 valence electrons. The van der Waals surface area contributed by atoms with Crippen molar-refractivity contribution in [2.45, 2.75) is 37.6 Å². The number of carboxylic acids is 1. The first kappa shape index (κ1) is 24.3. The average Bonchev–Trinajstić information content (AvgIpc) is 2.69. The lowest BCUT2D eigenvalue weighted by atomic mass is 10.1. The van der Waals surface area contributed by atoms with Gasteiger partial charge in [-0.1, -0.05) is 48.6 Å². The van der Waals surface area contributed by atoms with Crippen LogP contribution in [0.2, 0.25) is 0 Å². The Labute approximate surface area is 169 Å². The van der Waals surface area contributed by atoms with E-state index in [4.69, 9.17) is 9.84 Å². The summed E-state index contributed by atoms with van der Waals surface area (Å²) in [5.41, 5.74) is 0. The van der Waals surface area contributed by atoms with E-state index >= 15 is 0 Å². The van der Waals surface area contributed by atoms with E-state index in [0.717, 1.165) is 0 Å². The van der Waals surface area contributed by atoms with E-state index in [9.17, 15) is 24.5 Å². The molecule has 6 nitrogen and oxygen atoms in total. The van der Waals surface area contributed by atoms with Crippen molar-refractivity contribution in [2.75, 3.05) is 6.61 Å². The SMILES string of the molecule is O=C(O)CCC[C@H](O)[C@H](O)/C=C/C=C/C=C\C=C\[C@H](O)COc1ccc(F)cc1. The highest BCUT2D eigenvalue weighted by Gasteiger charge is 2.12. The predicted molar refractivity (Wildman–Crippen MR) is 108 cm³/mol. The fraction of sp³-hybridized carbons (Fsp3) is 0.318. The van der Waals surface area contributed by atoms with Crippen molar-refractivity contribution in [1.82, 2.24) is 0 Å². The Hall–Kier alpha value is -2.74. The minimum Gasteiger partial charge on any atom is -0.491 e. The Kier molecular flexibility index (Phi) is 12.0. The van der Waals surface area contributed by atoms with Gasteiger partial charge in [-0.05, 0) is 37.1 Å². The standard InChI is InChI=1S/C22H27FO6/c23-17-12-14-19(15-13-17)29-16-18(24)8-5-3-1-2-4-6-9-20(25)21(26)10-7-11-22(27)28/h1-6,8-9,12-15,18,20-21,24-26H,7,10-11,16H2,(H,27,28)/b3-1-,4-2+,8-5+,9-6+/t18-,20+,21-/m0/s1. The highest BCUT2D eigenvalue weighted by atomic mass is 19.1. The smallest absolute Gasteiger partial charge is 0.303 e. The molecular formula is C22H27FO6. The molecule has 0 saturated carbocycles. The molecule has 1 rings (SSSR count). The monoisotopic (exact) mass is 406 g/mol. The number of aliphatic carboxylic acids is 1. The molecule has 1 aromatic rings. The molecule has 0 aliphatic rings. The molecule has 0 fully saturated rings. The number of carboxylic acid groups (broad SMARTS) is 1. The topological polar surface area (TPSA) is 107 Å². The molecule has 29 heavy (non-hydrogen) atoms. The minimum absolute atomic E-state index is 0.0429. The van der Waals surface area contributed by atoms with Crippen LogP contribution >= 0.6 is 0 Å². The van der Waals surface area contributed by atoms with E-state index in [2.05, 4.69) is 0 Å². The Morgan fingerprint density at radius 1 is 0.966 bits per heavy atom. The van der Waals surface area contributed by atoms with Crippen molar-refractivity contribution in [2.24, 2.45) is 0 Å². The van der Waals surface area contributed by atoms with Crippen LogP contribution in [0.1, 0.15) is 19.3 Å². The zero-order chi connectivity index (χ0) is 21.5. The van der Waals surface area contributed by atoms with Gasteiger partial charge in [0, 0.05) is 6.42 Å². The van der Waals surface area contributed by atoms with Crippen LogP contribution < -0.4 is 4.74 Å². The summed E-state index contributed by atoms with van der Waals surface area (Å²) in [5.74, 6) is -0.815. The summed E-state index contributed by atoms with van der Waals surface area (Å²) in [5, 5.41) is 37.7. The largest absolute Gasteiger partial charge is 0.491 e. The van der Waals surface area contributed by atoms with Crippen LogP contribution in [0.25, 0.3) is 0 Å². The lowest BCUT2D eigenvalue weighted by molar-refractivity contribution is -0.137. The molecule has 0 amide bonds. The molecule has 0 aromatic heterocycles. The van der Waals surface area contributed by atoms with Crippen molar-refractivity contribution >= 4 is 5.97 Å². The summed E-state index contributed by atoms with van der Waals surface area (Å²) < 4.78 is 18.1. The normalized spacial score (nSPS) is 15.4. The molecule has 0 spiro atoms. The second-order valence-corrected chi connectivity index (χ2v) is 6.22. The van der Waals surface area contributed by atoms with Gasteiger partial charge in [-0.3, -0.25) is 4.79 Å². The maximum Gasteiger partial charge on any atom is 0.303 e. The molecule has 0 bridgehead atoms. The predicted octanol–water partition coefficient (Wildman–Crippen LogP) is 2.77. The number of rotatable bonds is 13. The van der Waals surface area contributed by atoms with Gasteiger partial charge in [0.1, 0.15) is 24.3 Å². The number of allylic oxidation sites excluding steroid dienone is 6. The van der Waals surface area contributed by atoms with Gasteiger partial charge >= 0.3 is 5.97 Å². The molecular weight excluding hydrogens is 379 g/mol. The zero-order valence-corrected chi connectivity index (χ0v) is 16.0. The molecule has 1 aromatic carbocycles. The first-order chi connectivity index (χ1) is 13.9. The third kappa shape index (κ3) is 12.4. The van der Waals surface area contributed by atoms with Crippen LogP contribution in [-0.4, -0.2) is 51.3 Å². The van der Waals surface area contributed by atoms with Crippen LogP contribution in [-0.2, 0) is 4.79 Å². The van der Waals surface area contributed by atoms with Crippen molar-refractivity contribution in [3.8, 4) is 5.75 Å². The third-order valence-electron chi connectivity index (χ3n) is 3.72. The van der Waals surface area contributed by atoms with Gasteiger partial charge in [0.25, 0.3) is 0 Å². The fourth-order valence-corrected chi connectivity index (χ4v) is 2.16. The Morgan fingerprint density at radius 3 is 2.17 bits per heavy atom. The minimum atomic E-state index is -1.06. The van der Waals surface area contributed by atoms with Gasteiger partial charge in [0.15, 0.2) is 0 Å². The van der Waals surface area contributed by atoms with Gasteiger partial charge in [0.05, 0.1) is 12.2 Å². The molecule has 0 saturated heterocycles. The average molecular weight is 406 g/mol. The van der Waals surface area contributed by atoms with E-state index in [-0.39, 0.29) is 25.3 Å². The second-order valence-electron chi connectivity index (χ2n) is 6.22. The maximum absolute atomic E-state index is 12.8. The summed E-state index contributed by atoms with van der Waals surface area (Å²) in [6.45, 7) is 0.0429. The van der Waals surface area contributed by atoms with Gasteiger partial charge in [-0.15, -0.1) is 0 Å². The lowest BCUT2D eigenvalue weighted by Crippen LogP contribution is -2.23.